The number of pyridine rings is 1. The average Bonchev–Trinajstić information content (AvgIpc) is 3.02. The van der Waals surface area contributed by atoms with Crippen molar-refractivity contribution in [3.05, 3.63) is 45.6 Å². The van der Waals surface area contributed by atoms with Crippen LogP contribution in [0.15, 0.2) is 34.4 Å². The zero-order chi connectivity index (χ0) is 13.9. The lowest BCUT2D eigenvalue weighted by atomic mass is 9.94. The Kier molecular flexibility index (Phi) is 3.83. The lowest BCUT2D eigenvalue weighted by Crippen LogP contribution is -2.29. The van der Waals surface area contributed by atoms with Gasteiger partial charge < -0.3 is 4.57 Å². The van der Waals surface area contributed by atoms with E-state index in [0.29, 0.717) is 6.29 Å². The van der Waals surface area contributed by atoms with Gasteiger partial charge in [0.1, 0.15) is 0 Å². The average molecular weight is 287 g/mol. The standard InChI is InChI=1S/C16H17NO2S/c18-11-12-8-9-14(15-7-4-10-20-15)17(16(12)19)13-5-2-1-3-6-13/h4,7-11,13H,1-3,5-6H2. The van der Waals surface area contributed by atoms with Gasteiger partial charge in [-0.15, -0.1) is 11.3 Å². The van der Waals surface area contributed by atoms with Crippen LogP contribution in [0.3, 0.4) is 0 Å². The third-order valence-corrected chi connectivity index (χ3v) is 4.88. The number of thiophene rings is 1. The summed E-state index contributed by atoms with van der Waals surface area (Å²) in [5.41, 5.74) is 1.07. The van der Waals surface area contributed by atoms with Crippen LogP contribution in [-0.4, -0.2) is 10.9 Å². The Labute approximate surface area is 121 Å². The zero-order valence-electron chi connectivity index (χ0n) is 11.2. The van der Waals surface area contributed by atoms with Crippen LogP contribution >= 0.6 is 11.3 Å². The first-order valence-corrected chi connectivity index (χ1v) is 7.94. The first-order chi connectivity index (χ1) is 9.81. The molecular formula is C16H17NO2S. The molecular weight excluding hydrogens is 270 g/mol. The van der Waals surface area contributed by atoms with E-state index < -0.39 is 0 Å². The number of carbonyl (C=O) groups excluding carboxylic acids is 1. The maximum atomic E-state index is 12.6. The Morgan fingerprint density at radius 3 is 2.60 bits per heavy atom. The van der Waals surface area contributed by atoms with Crippen LogP contribution in [0.1, 0.15) is 48.5 Å². The maximum Gasteiger partial charge on any atom is 0.261 e. The molecule has 0 bridgehead atoms. The molecule has 104 valence electrons. The number of nitrogens with zero attached hydrogens (tertiary/aromatic N) is 1. The van der Waals surface area contributed by atoms with E-state index in [1.165, 1.54) is 6.42 Å². The highest BCUT2D eigenvalue weighted by atomic mass is 32.1. The van der Waals surface area contributed by atoms with Gasteiger partial charge in [0.15, 0.2) is 6.29 Å². The summed E-state index contributed by atoms with van der Waals surface area (Å²) < 4.78 is 1.86. The number of aldehydes is 1. The maximum absolute atomic E-state index is 12.6. The molecule has 20 heavy (non-hydrogen) atoms. The molecule has 1 fully saturated rings. The number of carbonyl (C=O) groups is 1. The van der Waals surface area contributed by atoms with Crippen molar-refractivity contribution in [3.63, 3.8) is 0 Å². The van der Waals surface area contributed by atoms with Crippen molar-refractivity contribution in [1.29, 1.82) is 0 Å². The van der Waals surface area contributed by atoms with Gasteiger partial charge in [-0.1, -0.05) is 25.3 Å². The third-order valence-electron chi connectivity index (χ3n) is 3.99. The first-order valence-electron chi connectivity index (χ1n) is 7.06. The van der Waals surface area contributed by atoms with Crippen molar-refractivity contribution in [2.24, 2.45) is 0 Å². The molecule has 0 spiro atoms. The van der Waals surface area contributed by atoms with E-state index in [1.807, 2.05) is 28.1 Å². The molecule has 0 amide bonds. The molecule has 0 radical (unpaired) electrons. The van der Waals surface area contributed by atoms with E-state index in [-0.39, 0.29) is 17.2 Å². The summed E-state index contributed by atoms with van der Waals surface area (Å²) in [6.45, 7) is 0. The second-order valence-corrected chi connectivity index (χ2v) is 6.18. The van der Waals surface area contributed by atoms with E-state index in [1.54, 1.807) is 17.4 Å². The minimum absolute atomic E-state index is 0.141. The molecule has 0 atom stereocenters. The zero-order valence-corrected chi connectivity index (χ0v) is 12.1. The van der Waals surface area contributed by atoms with E-state index in [0.717, 1.165) is 36.3 Å². The molecule has 0 saturated heterocycles. The smallest absolute Gasteiger partial charge is 0.261 e. The van der Waals surface area contributed by atoms with Gasteiger partial charge in [-0.25, -0.2) is 0 Å². The molecule has 3 rings (SSSR count). The summed E-state index contributed by atoms with van der Waals surface area (Å²) >= 11 is 1.63. The Morgan fingerprint density at radius 2 is 1.95 bits per heavy atom. The van der Waals surface area contributed by atoms with Crippen molar-refractivity contribution in [2.45, 2.75) is 38.1 Å². The van der Waals surface area contributed by atoms with Crippen LogP contribution in [0.25, 0.3) is 10.6 Å². The van der Waals surface area contributed by atoms with Crippen LogP contribution < -0.4 is 5.56 Å². The van der Waals surface area contributed by atoms with Crippen molar-refractivity contribution >= 4 is 17.6 Å². The van der Waals surface area contributed by atoms with E-state index >= 15 is 0 Å². The van der Waals surface area contributed by atoms with Gasteiger partial charge in [0.25, 0.3) is 5.56 Å². The predicted molar refractivity (Wildman–Crippen MR) is 81.5 cm³/mol. The molecule has 2 aromatic heterocycles. The van der Waals surface area contributed by atoms with Crippen LogP contribution in [0.4, 0.5) is 0 Å². The highest BCUT2D eigenvalue weighted by Crippen LogP contribution is 2.32. The van der Waals surface area contributed by atoms with Gasteiger partial charge >= 0.3 is 0 Å². The molecule has 4 heteroatoms. The minimum Gasteiger partial charge on any atom is -0.304 e. The predicted octanol–water partition coefficient (Wildman–Crippen LogP) is 3.89. The van der Waals surface area contributed by atoms with Crippen LogP contribution in [0, 0.1) is 0 Å². The lowest BCUT2D eigenvalue weighted by molar-refractivity contribution is 0.112. The number of aromatic nitrogens is 1. The fraction of sp³-hybridized carbons (Fsp3) is 0.375. The summed E-state index contributed by atoms with van der Waals surface area (Å²) in [6, 6.07) is 7.80. The molecule has 2 heterocycles. The van der Waals surface area contributed by atoms with Gasteiger partial charge in [-0.05, 0) is 36.4 Å². The lowest BCUT2D eigenvalue weighted by Gasteiger charge is -2.26. The fourth-order valence-corrected chi connectivity index (χ4v) is 3.73. The summed E-state index contributed by atoms with van der Waals surface area (Å²) in [7, 11) is 0. The molecule has 0 N–H and O–H groups in total. The Morgan fingerprint density at radius 1 is 1.15 bits per heavy atom. The quantitative estimate of drug-likeness (QED) is 0.803. The van der Waals surface area contributed by atoms with E-state index in [4.69, 9.17) is 0 Å². The highest BCUT2D eigenvalue weighted by Gasteiger charge is 2.21. The van der Waals surface area contributed by atoms with Crippen LogP contribution in [0.2, 0.25) is 0 Å². The van der Waals surface area contributed by atoms with Crippen LogP contribution in [0.5, 0.6) is 0 Å². The van der Waals surface area contributed by atoms with Crippen molar-refractivity contribution in [2.75, 3.05) is 0 Å². The topological polar surface area (TPSA) is 39.1 Å². The number of rotatable bonds is 3. The van der Waals surface area contributed by atoms with Gasteiger partial charge in [-0.2, -0.15) is 0 Å². The molecule has 0 aromatic carbocycles. The molecule has 3 nitrogen and oxygen atoms in total. The Bertz CT molecular complexity index is 652. The summed E-state index contributed by atoms with van der Waals surface area (Å²) in [5.74, 6) is 0. The Hall–Kier alpha value is -1.68. The molecule has 0 aliphatic heterocycles. The second-order valence-electron chi connectivity index (χ2n) is 5.24. The monoisotopic (exact) mass is 287 g/mol. The van der Waals surface area contributed by atoms with Crippen molar-refractivity contribution < 1.29 is 4.79 Å². The molecule has 1 aliphatic rings. The second kappa shape index (κ2) is 5.75. The summed E-state index contributed by atoms with van der Waals surface area (Å²) in [5, 5.41) is 2.01. The third kappa shape index (κ3) is 2.36. The van der Waals surface area contributed by atoms with E-state index in [2.05, 4.69) is 0 Å². The van der Waals surface area contributed by atoms with Gasteiger partial charge in [0.05, 0.1) is 16.1 Å². The van der Waals surface area contributed by atoms with Crippen LogP contribution in [-0.2, 0) is 0 Å². The largest absolute Gasteiger partial charge is 0.304 e. The SMILES string of the molecule is O=Cc1ccc(-c2cccs2)n(C2CCCCC2)c1=O. The minimum atomic E-state index is -0.141. The van der Waals surface area contributed by atoms with Gasteiger partial charge in [0, 0.05) is 6.04 Å². The molecule has 0 unspecified atom stereocenters. The first kappa shape index (κ1) is 13.3. The van der Waals surface area contributed by atoms with Gasteiger partial charge in [0.2, 0.25) is 0 Å². The highest BCUT2D eigenvalue weighted by molar-refractivity contribution is 7.13. The summed E-state index contributed by atoms with van der Waals surface area (Å²) in [6.07, 6.45) is 6.28. The normalized spacial score (nSPS) is 16.2. The Balaban J connectivity index is 2.16. The summed E-state index contributed by atoms with van der Waals surface area (Å²) in [4.78, 5) is 24.7. The van der Waals surface area contributed by atoms with E-state index in [9.17, 15) is 9.59 Å². The number of hydrogen-bond donors (Lipinski definition) is 0. The fourth-order valence-electron chi connectivity index (χ4n) is 2.99. The van der Waals surface area contributed by atoms with Crippen molar-refractivity contribution in [3.8, 4) is 10.6 Å². The van der Waals surface area contributed by atoms with Gasteiger partial charge in [-0.3, -0.25) is 9.59 Å². The molecule has 1 saturated carbocycles. The van der Waals surface area contributed by atoms with Crippen molar-refractivity contribution in [1.82, 2.24) is 4.57 Å². The molecule has 1 aliphatic carbocycles. The molecule has 2 aromatic rings. The number of hydrogen-bond acceptors (Lipinski definition) is 3.